The molecule has 1 unspecified atom stereocenters. The van der Waals surface area contributed by atoms with Gasteiger partial charge in [-0.15, -0.1) is 0 Å². The van der Waals surface area contributed by atoms with E-state index < -0.39 is 0 Å². The summed E-state index contributed by atoms with van der Waals surface area (Å²) in [5, 5.41) is 8.67. The van der Waals surface area contributed by atoms with Crippen molar-refractivity contribution in [1.29, 1.82) is 0 Å². The molecule has 0 amide bonds. The number of aliphatic hydroxyl groups excluding tert-OH is 1. The number of carbonyl (C=O) groups excluding carboxylic acids is 1. The van der Waals surface area contributed by atoms with Crippen LogP contribution in [-0.2, 0) is 4.74 Å². The molecule has 1 aliphatic rings. The number of rotatable bonds is 5. The molecule has 0 aromatic heterocycles. The Balaban J connectivity index is 1.96. The van der Waals surface area contributed by atoms with E-state index in [1.807, 2.05) is 24.3 Å². The molecule has 0 saturated heterocycles. The molecule has 86 valence electrons. The maximum Gasteiger partial charge on any atom is 0.339 e. The minimum atomic E-state index is -0.206. The van der Waals surface area contributed by atoms with Crippen molar-refractivity contribution in [3.05, 3.63) is 35.4 Å². The Labute approximate surface area is 95.0 Å². The maximum atomic E-state index is 11.5. The zero-order valence-corrected chi connectivity index (χ0v) is 9.19. The number of esters is 1. The van der Waals surface area contributed by atoms with Gasteiger partial charge in [-0.2, -0.15) is 0 Å². The highest BCUT2D eigenvalue weighted by molar-refractivity contribution is 5.93. The van der Waals surface area contributed by atoms with Crippen molar-refractivity contribution in [3.63, 3.8) is 0 Å². The van der Waals surface area contributed by atoms with Crippen LogP contribution in [0.1, 0.15) is 47.7 Å². The van der Waals surface area contributed by atoms with Crippen LogP contribution in [0.3, 0.4) is 0 Å². The van der Waals surface area contributed by atoms with Crippen molar-refractivity contribution in [2.75, 3.05) is 6.61 Å². The van der Waals surface area contributed by atoms with Gasteiger partial charge in [-0.25, -0.2) is 4.79 Å². The first kappa shape index (κ1) is 11.1. The average Bonchev–Trinajstić information content (AvgIpc) is 2.63. The molecule has 1 aliphatic heterocycles. The van der Waals surface area contributed by atoms with Crippen molar-refractivity contribution in [1.82, 2.24) is 0 Å². The summed E-state index contributed by atoms with van der Waals surface area (Å²) >= 11 is 0. The molecule has 1 N–H and O–H groups in total. The molecule has 3 nitrogen and oxygen atoms in total. The number of hydrogen-bond acceptors (Lipinski definition) is 3. The second-order valence-corrected chi connectivity index (χ2v) is 4.05. The van der Waals surface area contributed by atoms with Crippen LogP contribution in [0, 0.1) is 0 Å². The molecule has 1 aromatic carbocycles. The van der Waals surface area contributed by atoms with Crippen LogP contribution in [0.5, 0.6) is 0 Å². The van der Waals surface area contributed by atoms with Crippen molar-refractivity contribution in [2.24, 2.45) is 0 Å². The lowest BCUT2D eigenvalue weighted by molar-refractivity contribution is 0.0362. The van der Waals surface area contributed by atoms with Crippen LogP contribution in [0.15, 0.2) is 24.3 Å². The molecule has 0 saturated carbocycles. The van der Waals surface area contributed by atoms with Crippen molar-refractivity contribution >= 4 is 5.97 Å². The summed E-state index contributed by atoms with van der Waals surface area (Å²) in [7, 11) is 0. The summed E-state index contributed by atoms with van der Waals surface area (Å²) in [6.45, 7) is 0.237. The van der Waals surface area contributed by atoms with Gasteiger partial charge in [0, 0.05) is 12.2 Å². The van der Waals surface area contributed by atoms with Gasteiger partial charge >= 0.3 is 5.97 Å². The standard InChI is InChI=1S/C13H16O3/c14-9-5-1-2-8-12-10-6-3-4-7-11(10)13(15)16-12/h3-4,6-7,12,14H,1-2,5,8-9H2. The van der Waals surface area contributed by atoms with Crippen LogP contribution in [-0.4, -0.2) is 17.7 Å². The fourth-order valence-corrected chi connectivity index (χ4v) is 2.05. The fraction of sp³-hybridized carbons (Fsp3) is 0.462. The third-order valence-electron chi connectivity index (χ3n) is 2.90. The number of cyclic esters (lactones) is 1. The van der Waals surface area contributed by atoms with Gasteiger partial charge in [-0.05, 0) is 25.3 Å². The Kier molecular flexibility index (Phi) is 3.57. The van der Waals surface area contributed by atoms with Gasteiger partial charge in [0.25, 0.3) is 0 Å². The molecule has 16 heavy (non-hydrogen) atoms. The van der Waals surface area contributed by atoms with E-state index >= 15 is 0 Å². The first-order valence-electron chi connectivity index (χ1n) is 5.73. The minimum Gasteiger partial charge on any atom is -0.454 e. The zero-order valence-electron chi connectivity index (χ0n) is 9.19. The maximum absolute atomic E-state index is 11.5. The van der Waals surface area contributed by atoms with Gasteiger partial charge in [0.2, 0.25) is 0 Å². The lowest BCUT2D eigenvalue weighted by Gasteiger charge is -2.09. The van der Waals surface area contributed by atoms with E-state index in [1.54, 1.807) is 0 Å². The lowest BCUT2D eigenvalue weighted by Crippen LogP contribution is -1.98. The van der Waals surface area contributed by atoms with E-state index in [9.17, 15) is 4.79 Å². The molecule has 1 heterocycles. The summed E-state index contributed by atoms with van der Waals surface area (Å²) in [4.78, 5) is 11.5. The van der Waals surface area contributed by atoms with Crippen LogP contribution in [0.25, 0.3) is 0 Å². The van der Waals surface area contributed by atoms with E-state index in [-0.39, 0.29) is 18.7 Å². The highest BCUT2D eigenvalue weighted by Crippen LogP contribution is 2.33. The van der Waals surface area contributed by atoms with E-state index in [0.717, 1.165) is 31.2 Å². The first-order valence-corrected chi connectivity index (χ1v) is 5.73. The molecular formula is C13H16O3. The normalized spacial score (nSPS) is 18.3. The van der Waals surface area contributed by atoms with E-state index in [2.05, 4.69) is 0 Å². The first-order chi connectivity index (χ1) is 7.83. The van der Waals surface area contributed by atoms with Crippen LogP contribution in [0.4, 0.5) is 0 Å². The number of fused-ring (bicyclic) bond motifs is 1. The Morgan fingerprint density at radius 2 is 2.00 bits per heavy atom. The summed E-state index contributed by atoms with van der Waals surface area (Å²) in [6, 6.07) is 7.55. The minimum absolute atomic E-state index is 0.0811. The highest BCUT2D eigenvalue weighted by Gasteiger charge is 2.29. The van der Waals surface area contributed by atoms with Crippen LogP contribution >= 0.6 is 0 Å². The van der Waals surface area contributed by atoms with E-state index in [0.29, 0.717) is 5.56 Å². The summed E-state index contributed by atoms with van der Waals surface area (Å²) in [5.74, 6) is -0.206. The van der Waals surface area contributed by atoms with E-state index in [1.165, 1.54) is 0 Å². The molecule has 0 bridgehead atoms. The average molecular weight is 220 g/mol. The second-order valence-electron chi connectivity index (χ2n) is 4.05. The van der Waals surface area contributed by atoms with Gasteiger partial charge in [0.1, 0.15) is 6.10 Å². The van der Waals surface area contributed by atoms with Crippen LogP contribution in [0.2, 0.25) is 0 Å². The smallest absolute Gasteiger partial charge is 0.339 e. The van der Waals surface area contributed by atoms with Gasteiger partial charge < -0.3 is 9.84 Å². The van der Waals surface area contributed by atoms with Crippen molar-refractivity contribution in [3.8, 4) is 0 Å². The number of aliphatic hydroxyl groups is 1. The topological polar surface area (TPSA) is 46.5 Å². The Morgan fingerprint density at radius 3 is 2.81 bits per heavy atom. The van der Waals surface area contributed by atoms with Gasteiger partial charge in [0.15, 0.2) is 0 Å². The zero-order chi connectivity index (χ0) is 11.4. The molecule has 3 heteroatoms. The largest absolute Gasteiger partial charge is 0.454 e. The van der Waals surface area contributed by atoms with E-state index in [4.69, 9.17) is 9.84 Å². The third-order valence-corrected chi connectivity index (χ3v) is 2.90. The quantitative estimate of drug-likeness (QED) is 0.612. The van der Waals surface area contributed by atoms with Gasteiger partial charge in [0.05, 0.1) is 5.56 Å². The van der Waals surface area contributed by atoms with Gasteiger partial charge in [-0.3, -0.25) is 0 Å². The van der Waals surface area contributed by atoms with Gasteiger partial charge in [-0.1, -0.05) is 24.6 Å². The molecule has 0 aliphatic carbocycles. The third kappa shape index (κ3) is 2.25. The van der Waals surface area contributed by atoms with Crippen LogP contribution < -0.4 is 0 Å². The number of unbranched alkanes of at least 4 members (excludes halogenated alkanes) is 2. The monoisotopic (exact) mass is 220 g/mol. The number of hydrogen-bond donors (Lipinski definition) is 1. The summed E-state index contributed by atoms with van der Waals surface area (Å²) < 4.78 is 5.31. The summed E-state index contributed by atoms with van der Waals surface area (Å²) in [6.07, 6.45) is 3.55. The summed E-state index contributed by atoms with van der Waals surface area (Å²) in [5.41, 5.74) is 1.71. The highest BCUT2D eigenvalue weighted by atomic mass is 16.5. The molecule has 0 radical (unpaired) electrons. The molecule has 0 fully saturated rings. The molecular weight excluding hydrogens is 204 g/mol. The second kappa shape index (κ2) is 5.12. The number of benzene rings is 1. The molecule has 2 rings (SSSR count). The van der Waals surface area contributed by atoms with Crippen molar-refractivity contribution in [2.45, 2.75) is 31.8 Å². The molecule has 1 atom stereocenters. The number of carbonyl (C=O) groups is 1. The SMILES string of the molecule is O=C1OC(CCCCCO)c2ccccc21. The van der Waals surface area contributed by atoms with Crippen molar-refractivity contribution < 1.29 is 14.6 Å². The predicted octanol–water partition coefficient (Wildman–Crippen LogP) is 2.45. The Bertz CT molecular complexity index is 373. The molecule has 1 aromatic rings. The Hall–Kier alpha value is -1.35. The molecule has 0 spiro atoms. The number of ether oxygens (including phenoxy) is 1. The fourth-order valence-electron chi connectivity index (χ4n) is 2.05. The Morgan fingerprint density at radius 1 is 1.19 bits per heavy atom. The predicted molar refractivity (Wildman–Crippen MR) is 60.2 cm³/mol. The lowest BCUT2D eigenvalue weighted by atomic mass is 10.0.